The SMILES string of the molecule is COc1ccc2c(c1)OC1(CC2O)CC(C)N(C)C1. The number of hydrogen-bond donors (Lipinski definition) is 1. The van der Waals surface area contributed by atoms with Gasteiger partial charge in [-0.2, -0.15) is 0 Å². The Labute approximate surface area is 113 Å². The minimum Gasteiger partial charge on any atom is -0.497 e. The summed E-state index contributed by atoms with van der Waals surface area (Å²) in [6.07, 6.45) is 1.17. The molecule has 0 saturated carbocycles. The highest BCUT2D eigenvalue weighted by atomic mass is 16.5. The van der Waals surface area contributed by atoms with Gasteiger partial charge < -0.3 is 14.6 Å². The maximum absolute atomic E-state index is 10.4. The monoisotopic (exact) mass is 263 g/mol. The predicted molar refractivity (Wildman–Crippen MR) is 72.6 cm³/mol. The van der Waals surface area contributed by atoms with Gasteiger partial charge >= 0.3 is 0 Å². The molecule has 1 spiro atoms. The standard InChI is InChI=1S/C15H21NO3/c1-10-7-15(9-16(10)2)8-13(17)12-5-4-11(18-3)6-14(12)19-15/h4-6,10,13,17H,7-9H2,1-3H3. The van der Waals surface area contributed by atoms with E-state index in [0.29, 0.717) is 12.5 Å². The van der Waals surface area contributed by atoms with Crippen molar-refractivity contribution in [3.8, 4) is 11.5 Å². The van der Waals surface area contributed by atoms with Crippen LogP contribution in [0.25, 0.3) is 0 Å². The highest BCUT2D eigenvalue weighted by Crippen LogP contribution is 2.45. The van der Waals surface area contributed by atoms with Crippen LogP contribution in [0.1, 0.15) is 31.4 Å². The predicted octanol–water partition coefficient (Wildman–Crippen LogP) is 1.97. The largest absolute Gasteiger partial charge is 0.497 e. The molecule has 3 rings (SSSR count). The molecule has 4 heteroatoms. The summed E-state index contributed by atoms with van der Waals surface area (Å²) in [5.41, 5.74) is 0.612. The molecule has 19 heavy (non-hydrogen) atoms. The van der Waals surface area contributed by atoms with E-state index in [1.165, 1.54) is 0 Å². The van der Waals surface area contributed by atoms with Gasteiger partial charge in [-0.05, 0) is 26.1 Å². The number of methoxy groups -OCH3 is 1. The molecule has 0 amide bonds. The van der Waals surface area contributed by atoms with Gasteiger partial charge in [0.25, 0.3) is 0 Å². The average molecular weight is 263 g/mol. The van der Waals surface area contributed by atoms with Crippen molar-refractivity contribution in [1.82, 2.24) is 4.90 Å². The number of nitrogens with zero attached hydrogens (tertiary/aromatic N) is 1. The van der Waals surface area contributed by atoms with Crippen LogP contribution in [0.15, 0.2) is 18.2 Å². The molecule has 1 N–H and O–H groups in total. The van der Waals surface area contributed by atoms with Crippen LogP contribution in [-0.2, 0) is 0 Å². The van der Waals surface area contributed by atoms with E-state index in [2.05, 4.69) is 18.9 Å². The Morgan fingerprint density at radius 1 is 1.42 bits per heavy atom. The Morgan fingerprint density at radius 2 is 2.21 bits per heavy atom. The minimum absolute atomic E-state index is 0.257. The summed E-state index contributed by atoms with van der Waals surface area (Å²) in [6, 6.07) is 6.13. The summed E-state index contributed by atoms with van der Waals surface area (Å²) in [6.45, 7) is 3.06. The number of aliphatic hydroxyl groups excluding tert-OH is 1. The fourth-order valence-corrected chi connectivity index (χ4v) is 3.33. The van der Waals surface area contributed by atoms with Crippen LogP contribution < -0.4 is 9.47 Å². The number of fused-ring (bicyclic) bond motifs is 1. The van der Waals surface area contributed by atoms with Crippen molar-refractivity contribution in [2.75, 3.05) is 20.7 Å². The second-order valence-corrected chi connectivity index (χ2v) is 5.88. The number of likely N-dealkylation sites (N-methyl/N-ethyl adjacent to an activating group) is 1. The van der Waals surface area contributed by atoms with Crippen LogP contribution in [-0.4, -0.2) is 42.4 Å². The van der Waals surface area contributed by atoms with Crippen molar-refractivity contribution in [2.24, 2.45) is 0 Å². The molecule has 1 aromatic carbocycles. The van der Waals surface area contributed by atoms with Gasteiger partial charge in [0.05, 0.1) is 13.2 Å². The Morgan fingerprint density at radius 3 is 2.84 bits per heavy atom. The normalized spacial score (nSPS) is 34.1. The Bertz CT molecular complexity index is 478. The second-order valence-electron chi connectivity index (χ2n) is 5.88. The first-order valence-electron chi connectivity index (χ1n) is 6.78. The molecular formula is C15H21NO3. The quantitative estimate of drug-likeness (QED) is 0.841. The third-order valence-corrected chi connectivity index (χ3v) is 4.43. The maximum Gasteiger partial charge on any atom is 0.129 e. The van der Waals surface area contributed by atoms with Gasteiger partial charge in [-0.1, -0.05) is 0 Å². The number of rotatable bonds is 1. The summed E-state index contributed by atoms with van der Waals surface area (Å²) in [5, 5.41) is 10.4. The summed E-state index contributed by atoms with van der Waals surface area (Å²) in [4.78, 5) is 2.29. The lowest BCUT2D eigenvalue weighted by Gasteiger charge is -2.38. The minimum atomic E-state index is -0.451. The molecule has 2 aliphatic rings. The van der Waals surface area contributed by atoms with E-state index in [1.54, 1.807) is 7.11 Å². The van der Waals surface area contributed by atoms with Crippen LogP contribution in [0, 0.1) is 0 Å². The molecular weight excluding hydrogens is 242 g/mol. The van der Waals surface area contributed by atoms with Gasteiger partial charge in [0.2, 0.25) is 0 Å². The molecule has 2 heterocycles. The molecule has 2 aliphatic heterocycles. The van der Waals surface area contributed by atoms with Crippen LogP contribution in [0.5, 0.6) is 11.5 Å². The molecule has 0 aromatic heterocycles. The zero-order valence-corrected chi connectivity index (χ0v) is 11.7. The molecule has 3 unspecified atom stereocenters. The zero-order valence-electron chi connectivity index (χ0n) is 11.7. The smallest absolute Gasteiger partial charge is 0.129 e. The van der Waals surface area contributed by atoms with Gasteiger partial charge in [0.15, 0.2) is 0 Å². The number of aliphatic hydroxyl groups is 1. The molecule has 0 radical (unpaired) electrons. The van der Waals surface area contributed by atoms with Crippen molar-refractivity contribution in [2.45, 2.75) is 37.5 Å². The third-order valence-electron chi connectivity index (χ3n) is 4.43. The van der Waals surface area contributed by atoms with Crippen molar-refractivity contribution in [3.63, 3.8) is 0 Å². The van der Waals surface area contributed by atoms with E-state index < -0.39 is 6.10 Å². The van der Waals surface area contributed by atoms with E-state index in [-0.39, 0.29) is 5.60 Å². The number of ether oxygens (including phenoxy) is 2. The van der Waals surface area contributed by atoms with Gasteiger partial charge in [-0.25, -0.2) is 0 Å². The lowest BCUT2D eigenvalue weighted by Crippen LogP contribution is -2.43. The van der Waals surface area contributed by atoms with E-state index in [9.17, 15) is 5.11 Å². The lowest BCUT2D eigenvalue weighted by atomic mass is 9.87. The van der Waals surface area contributed by atoms with Crippen molar-refractivity contribution < 1.29 is 14.6 Å². The number of benzene rings is 1. The second kappa shape index (κ2) is 4.39. The van der Waals surface area contributed by atoms with Gasteiger partial charge in [-0.15, -0.1) is 0 Å². The van der Waals surface area contributed by atoms with Gasteiger partial charge in [-0.3, -0.25) is 4.90 Å². The van der Waals surface area contributed by atoms with Crippen LogP contribution in [0.2, 0.25) is 0 Å². The zero-order chi connectivity index (χ0) is 13.6. The Hall–Kier alpha value is -1.26. The molecule has 0 aliphatic carbocycles. The first-order valence-corrected chi connectivity index (χ1v) is 6.78. The van der Waals surface area contributed by atoms with Crippen molar-refractivity contribution >= 4 is 0 Å². The summed E-state index contributed by atoms with van der Waals surface area (Å²) >= 11 is 0. The van der Waals surface area contributed by atoms with Gasteiger partial charge in [0, 0.05) is 37.1 Å². The van der Waals surface area contributed by atoms with Gasteiger partial charge in [0.1, 0.15) is 17.1 Å². The third kappa shape index (κ3) is 2.09. The van der Waals surface area contributed by atoms with E-state index in [0.717, 1.165) is 30.0 Å². The first-order chi connectivity index (χ1) is 9.03. The average Bonchev–Trinajstić information content (AvgIpc) is 2.63. The lowest BCUT2D eigenvalue weighted by molar-refractivity contribution is -0.00625. The van der Waals surface area contributed by atoms with Crippen molar-refractivity contribution in [3.05, 3.63) is 23.8 Å². The highest BCUT2D eigenvalue weighted by molar-refractivity contribution is 5.44. The molecule has 1 fully saturated rings. The van der Waals surface area contributed by atoms with Crippen LogP contribution in [0.4, 0.5) is 0 Å². The Balaban J connectivity index is 1.94. The molecule has 0 bridgehead atoms. The summed E-state index contributed by atoms with van der Waals surface area (Å²) in [7, 11) is 3.75. The molecule has 4 nitrogen and oxygen atoms in total. The molecule has 1 aromatic rings. The molecule has 104 valence electrons. The van der Waals surface area contributed by atoms with Crippen LogP contribution in [0.3, 0.4) is 0 Å². The van der Waals surface area contributed by atoms with Crippen molar-refractivity contribution in [1.29, 1.82) is 0 Å². The fraction of sp³-hybridized carbons (Fsp3) is 0.600. The maximum atomic E-state index is 10.4. The summed E-state index contributed by atoms with van der Waals surface area (Å²) in [5.74, 6) is 1.53. The van der Waals surface area contributed by atoms with E-state index in [4.69, 9.17) is 9.47 Å². The summed E-state index contributed by atoms with van der Waals surface area (Å²) < 4.78 is 11.5. The van der Waals surface area contributed by atoms with E-state index >= 15 is 0 Å². The molecule has 3 atom stereocenters. The highest BCUT2D eigenvalue weighted by Gasteiger charge is 2.47. The number of hydrogen-bond acceptors (Lipinski definition) is 4. The fourth-order valence-electron chi connectivity index (χ4n) is 3.33. The Kier molecular flexibility index (Phi) is 2.95. The topological polar surface area (TPSA) is 41.9 Å². The number of likely N-dealkylation sites (tertiary alicyclic amines) is 1. The van der Waals surface area contributed by atoms with E-state index in [1.807, 2.05) is 18.2 Å². The molecule has 1 saturated heterocycles. The first kappa shape index (κ1) is 12.8. The van der Waals surface area contributed by atoms with Crippen LogP contribution >= 0.6 is 0 Å².